The van der Waals surface area contributed by atoms with Crippen molar-refractivity contribution in [3.63, 3.8) is 0 Å². The Labute approximate surface area is 105 Å². The van der Waals surface area contributed by atoms with Gasteiger partial charge in [0.25, 0.3) is 0 Å². The third-order valence-electron chi connectivity index (χ3n) is 3.37. The maximum atomic E-state index is 12.1. The second kappa shape index (κ2) is 5.85. The predicted molar refractivity (Wildman–Crippen MR) is 72.4 cm³/mol. The van der Waals surface area contributed by atoms with E-state index in [4.69, 9.17) is 0 Å². The molecule has 0 aliphatic heterocycles. The van der Waals surface area contributed by atoms with Gasteiger partial charge in [0.15, 0.2) is 0 Å². The highest BCUT2D eigenvalue weighted by Crippen LogP contribution is 2.26. The predicted octanol–water partition coefficient (Wildman–Crippen LogP) is 3.53. The van der Waals surface area contributed by atoms with Gasteiger partial charge in [-0.2, -0.15) is 0 Å². The third-order valence-corrected chi connectivity index (χ3v) is 3.37. The highest BCUT2D eigenvalue weighted by atomic mass is 16.2. The standard InChI is InChI=1S/C15H23NO/c1-11(2)12(3)9-10-16(5)15(17)14-8-6-7-13(14)4/h7,9-11,14H,3,6,8H2,1-2,4-5H3/b10-9+/t14-/m0/s1. The average Bonchev–Trinajstić information content (AvgIpc) is 2.70. The Morgan fingerprint density at radius 2 is 2.24 bits per heavy atom. The Kier molecular flexibility index (Phi) is 4.73. The van der Waals surface area contributed by atoms with Crippen molar-refractivity contribution < 1.29 is 4.79 Å². The van der Waals surface area contributed by atoms with Gasteiger partial charge in [-0.25, -0.2) is 0 Å². The van der Waals surface area contributed by atoms with Crippen LogP contribution in [0.4, 0.5) is 0 Å². The van der Waals surface area contributed by atoms with E-state index in [2.05, 4.69) is 26.5 Å². The lowest BCUT2D eigenvalue weighted by atomic mass is 10.0. The molecule has 0 bridgehead atoms. The molecule has 0 N–H and O–H groups in total. The van der Waals surface area contributed by atoms with Crippen LogP contribution in [0.25, 0.3) is 0 Å². The lowest BCUT2D eigenvalue weighted by molar-refractivity contribution is -0.130. The van der Waals surface area contributed by atoms with Crippen LogP contribution in [0.3, 0.4) is 0 Å². The van der Waals surface area contributed by atoms with Gasteiger partial charge >= 0.3 is 0 Å². The molecule has 0 radical (unpaired) electrons. The van der Waals surface area contributed by atoms with E-state index < -0.39 is 0 Å². The van der Waals surface area contributed by atoms with Crippen molar-refractivity contribution in [3.8, 4) is 0 Å². The monoisotopic (exact) mass is 233 g/mol. The number of nitrogens with zero attached hydrogens (tertiary/aromatic N) is 1. The number of amides is 1. The van der Waals surface area contributed by atoms with E-state index >= 15 is 0 Å². The molecule has 1 amide bonds. The van der Waals surface area contributed by atoms with E-state index in [1.54, 1.807) is 4.90 Å². The van der Waals surface area contributed by atoms with E-state index in [0.29, 0.717) is 5.92 Å². The van der Waals surface area contributed by atoms with Crippen LogP contribution in [-0.2, 0) is 4.79 Å². The largest absolute Gasteiger partial charge is 0.322 e. The first-order chi connectivity index (χ1) is 7.93. The van der Waals surface area contributed by atoms with E-state index in [1.165, 1.54) is 5.57 Å². The molecule has 0 unspecified atom stereocenters. The Morgan fingerprint density at radius 1 is 1.59 bits per heavy atom. The molecular formula is C15H23NO. The summed E-state index contributed by atoms with van der Waals surface area (Å²) in [6.45, 7) is 10.2. The number of rotatable bonds is 4. The van der Waals surface area contributed by atoms with Gasteiger partial charge in [-0.1, -0.05) is 37.6 Å². The van der Waals surface area contributed by atoms with Gasteiger partial charge in [-0.3, -0.25) is 4.79 Å². The van der Waals surface area contributed by atoms with Gasteiger partial charge in [0.2, 0.25) is 5.91 Å². The van der Waals surface area contributed by atoms with Crippen LogP contribution in [0.15, 0.2) is 36.1 Å². The molecule has 0 fully saturated rings. The quantitative estimate of drug-likeness (QED) is 0.537. The molecule has 94 valence electrons. The number of hydrogen-bond donors (Lipinski definition) is 0. The minimum Gasteiger partial charge on any atom is -0.322 e. The average molecular weight is 233 g/mol. The van der Waals surface area contributed by atoms with Crippen molar-refractivity contribution in [3.05, 3.63) is 36.1 Å². The van der Waals surface area contributed by atoms with Crippen LogP contribution in [-0.4, -0.2) is 17.9 Å². The molecule has 2 heteroatoms. The second-order valence-corrected chi connectivity index (χ2v) is 5.07. The Morgan fingerprint density at radius 3 is 2.71 bits per heavy atom. The Bertz CT molecular complexity index is 363. The van der Waals surface area contributed by atoms with Gasteiger partial charge < -0.3 is 4.90 Å². The van der Waals surface area contributed by atoms with Gasteiger partial charge in [0.1, 0.15) is 0 Å². The van der Waals surface area contributed by atoms with E-state index in [0.717, 1.165) is 18.4 Å². The van der Waals surface area contributed by atoms with Gasteiger partial charge in [0.05, 0.1) is 5.92 Å². The molecule has 1 aliphatic rings. The minimum absolute atomic E-state index is 0.0805. The lowest BCUT2D eigenvalue weighted by Crippen LogP contribution is -2.28. The zero-order chi connectivity index (χ0) is 13.0. The summed E-state index contributed by atoms with van der Waals surface area (Å²) in [5, 5.41) is 0. The van der Waals surface area contributed by atoms with Gasteiger partial charge in [-0.05, 0) is 31.8 Å². The maximum Gasteiger partial charge on any atom is 0.233 e. The molecule has 1 aliphatic carbocycles. The first kappa shape index (κ1) is 13.8. The Balaban J connectivity index is 2.59. The van der Waals surface area contributed by atoms with Crippen molar-refractivity contribution >= 4 is 5.91 Å². The molecule has 0 heterocycles. The minimum atomic E-state index is 0.0805. The molecule has 1 atom stereocenters. The number of carbonyl (C=O) groups excluding carboxylic acids is 1. The summed E-state index contributed by atoms with van der Waals surface area (Å²) in [7, 11) is 1.82. The fourth-order valence-electron chi connectivity index (χ4n) is 1.89. The van der Waals surface area contributed by atoms with Crippen LogP contribution < -0.4 is 0 Å². The van der Waals surface area contributed by atoms with Crippen molar-refractivity contribution in [1.82, 2.24) is 4.90 Å². The second-order valence-electron chi connectivity index (χ2n) is 5.07. The summed E-state index contributed by atoms with van der Waals surface area (Å²) >= 11 is 0. The topological polar surface area (TPSA) is 20.3 Å². The first-order valence-electron chi connectivity index (χ1n) is 6.23. The SMILES string of the molecule is C=C(/C=C/N(C)C(=O)[C@H]1CCC=C1C)C(C)C. The summed E-state index contributed by atoms with van der Waals surface area (Å²) in [6, 6.07) is 0. The summed E-state index contributed by atoms with van der Waals surface area (Å²) in [4.78, 5) is 13.8. The van der Waals surface area contributed by atoms with Gasteiger partial charge in [0, 0.05) is 13.2 Å². The van der Waals surface area contributed by atoms with Crippen LogP contribution in [0.5, 0.6) is 0 Å². The normalized spacial score (nSPS) is 19.8. The molecule has 17 heavy (non-hydrogen) atoms. The first-order valence-corrected chi connectivity index (χ1v) is 6.23. The lowest BCUT2D eigenvalue weighted by Gasteiger charge is -2.18. The smallest absolute Gasteiger partial charge is 0.233 e. The summed E-state index contributed by atoms with van der Waals surface area (Å²) in [5.74, 6) is 0.684. The van der Waals surface area contributed by atoms with Crippen LogP contribution in [0, 0.1) is 11.8 Å². The Hall–Kier alpha value is -1.31. The van der Waals surface area contributed by atoms with E-state index in [9.17, 15) is 4.79 Å². The molecule has 0 saturated heterocycles. The van der Waals surface area contributed by atoms with Crippen molar-refractivity contribution in [2.75, 3.05) is 7.05 Å². The maximum absolute atomic E-state index is 12.1. The van der Waals surface area contributed by atoms with Crippen molar-refractivity contribution in [2.45, 2.75) is 33.6 Å². The highest BCUT2D eigenvalue weighted by molar-refractivity contribution is 5.82. The van der Waals surface area contributed by atoms with Crippen LogP contribution in [0.1, 0.15) is 33.6 Å². The van der Waals surface area contributed by atoms with Crippen LogP contribution >= 0.6 is 0 Å². The number of carbonyl (C=O) groups is 1. The zero-order valence-corrected chi connectivity index (χ0v) is 11.4. The molecule has 0 aromatic heterocycles. The molecule has 0 aromatic rings. The molecule has 0 aromatic carbocycles. The number of allylic oxidation sites excluding steroid dienone is 3. The summed E-state index contributed by atoms with van der Waals surface area (Å²) in [6.07, 6.45) is 7.90. The van der Waals surface area contributed by atoms with Crippen molar-refractivity contribution in [2.24, 2.45) is 11.8 Å². The fraction of sp³-hybridized carbons (Fsp3) is 0.533. The number of hydrogen-bond acceptors (Lipinski definition) is 1. The van der Waals surface area contributed by atoms with Gasteiger partial charge in [-0.15, -0.1) is 0 Å². The van der Waals surface area contributed by atoms with E-state index in [1.807, 2.05) is 26.2 Å². The highest BCUT2D eigenvalue weighted by Gasteiger charge is 2.25. The molecule has 1 rings (SSSR count). The third kappa shape index (κ3) is 3.58. The van der Waals surface area contributed by atoms with Crippen LogP contribution in [0.2, 0.25) is 0 Å². The van der Waals surface area contributed by atoms with E-state index in [-0.39, 0.29) is 11.8 Å². The molecule has 0 spiro atoms. The summed E-state index contributed by atoms with van der Waals surface area (Å²) < 4.78 is 0. The molecule has 0 saturated carbocycles. The zero-order valence-electron chi connectivity index (χ0n) is 11.4. The van der Waals surface area contributed by atoms with Crippen molar-refractivity contribution in [1.29, 1.82) is 0 Å². The summed E-state index contributed by atoms with van der Waals surface area (Å²) in [5.41, 5.74) is 2.25. The molecule has 2 nitrogen and oxygen atoms in total. The fourth-order valence-corrected chi connectivity index (χ4v) is 1.89. The molecular weight excluding hydrogens is 210 g/mol.